The van der Waals surface area contributed by atoms with Crippen molar-refractivity contribution in [3.05, 3.63) is 98.0 Å². The van der Waals surface area contributed by atoms with Crippen molar-refractivity contribution in [1.82, 2.24) is 18.9 Å². The average Bonchev–Trinajstić information content (AvgIpc) is 3.74. The Morgan fingerprint density at radius 2 is 1.74 bits per heavy atom. The van der Waals surface area contributed by atoms with E-state index < -0.39 is 5.97 Å². The minimum atomic E-state index is -1.03. The lowest BCUT2D eigenvalue weighted by Crippen LogP contribution is -2.42. The van der Waals surface area contributed by atoms with Crippen LogP contribution in [0.4, 0.5) is 5.69 Å². The van der Waals surface area contributed by atoms with E-state index in [-0.39, 0.29) is 17.5 Å². The molecule has 10 nitrogen and oxygen atoms in total. The fourth-order valence-electron chi connectivity index (χ4n) is 7.94. The molecule has 0 aliphatic carbocycles. The van der Waals surface area contributed by atoms with Crippen LogP contribution in [0.25, 0.3) is 32.9 Å². The van der Waals surface area contributed by atoms with Gasteiger partial charge in [-0.05, 0) is 101 Å². The maximum atomic E-state index is 15.1. The summed E-state index contributed by atoms with van der Waals surface area (Å²) in [5.41, 5.74) is 9.62. The number of benzene rings is 3. The molecule has 53 heavy (non-hydrogen) atoms. The van der Waals surface area contributed by atoms with Crippen molar-refractivity contribution in [3.8, 4) is 16.9 Å². The van der Waals surface area contributed by atoms with Crippen LogP contribution < -0.4 is 9.64 Å². The maximum absolute atomic E-state index is 15.1. The van der Waals surface area contributed by atoms with Crippen molar-refractivity contribution >= 4 is 62.6 Å². The van der Waals surface area contributed by atoms with Crippen LogP contribution in [0.2, 0.25) is 10.0 Å². The number of carboxylic acid groups (broad SMARTS) is 1. The molecule has 276 valence electrons. The van der Waals surface area contributed by atoms with Gasteiger partial charge >= 0.3 is 5.97 Å². The Morgan fingerprint density at radius 3 is 2.40 bits per heavy atom. The average molecular weight is 757 g/mol. The summed E-state index contributed by atoms with van der Waals surface area (Å²) in [6.07, 6.45) is 3.16. The molecule has 0 radical (unpaired) electrons. The minimum Gasteiger partial charge on any atom is -0.494 e. The zero-order chi connectivity index (χ0) is 37.9. The second-order valence-corrected chi connectivity index (χ2v) is 14.8. The highest BCUT2D eigenvalue weighted by atomic mass is 35.5. The number of rotatable bonds is 11. The number of aromatic nitrogens is 4. The topological polar surface area (TPSA) is 104 Å². The second kappa shape index (κ2) is 14.2. The molecule has 6 aromatic rings. The van der Waals surface area contributed by atoms with Gasteiger partial charge in [-0.25, -0.2) is 4.79 Å². The number of ether oxygens (including phenoxy) is 2. The molecule has 7 rings (SSSR count). The van der Waals surface area contributed by atoms with E-state index >= 15 is 4.79 Å². The largest absolute Gasteiger partial charge is 0.494 e. The third-order valence-electron chi connectivity index (χ3n) is 10.5. The number of aryl methyl sites for hydroxylation is 5. The number of aromatic carboxylic acids is 1. The van der Waals surface area contributed by atoms with Gasteiger partial charge in [0, 0.05) is 72.1 Å². The number of hydrogen-bond acceptors (Lipinski definition) is 5. The molecule has 0 spiro atoms. The second-order valence-electron chi connectivity index (χ2n) is 14.0. The first-order valence-corrected chi connectivity index (χ1v) is 18.5. The quantitative estimate of drug-likeness (QED) is 0.132. The number of carboxylic acids is 1. The molecule has 1 amide bonds. The number of halogens is 2. The van der Waals surface area contributed by atoms with Crippen LogP contribution >= 0.6 is 23.2 Å². The molecule has 12 heteroatoms. The highest BCUT2D eigenvalue weighted by Crippen LogP contribution is 2.46. The Bertz CT molecular complexity index is 2420. The predicted octanol–water partition coefficient (Wildman–Crippen LogP) is 9.11. The molecule has 4 heterocycles. The summed E-state index contributed by atoms with van der Waals surface area (Å²) in [5.74, 6) is -0.432. The van der Waals surface area contributed by atoms with E-state index in [1.54, 1.807) is 30.2 Å². The van der Waals surface area contributed by atoms with Crippen LogP contribution in [-0.2, 0) is 24.8 Å². The number of nitrogens with zero attached hydrogens (tertiary/aromatic N) is 5. The van der Waals surface area contributed by atoms with Crippen LogP contribution in [0.15, 0.2) is 48.7 Å². The summed E-state index contributed by atoms with van der Waals surface area (Å²) >= 11 is 13.5. The SMILES string of the molecule is COCCn1cc(N2CC(C)n3c(c(CCCOc4cc(C)c(Cl)c(C)c4)c4ccc(Cl)c(-c5c(C)nn(C)c5C)c43)C2=O)c2cc(C(=O)O)ccc21. The number of methoxy groups -OCH3 is 1. The lowest BCUT2D eigenvalue weighted by molar-refractivity contribution is 0.0696. The number of carbonyl (C=O) groups excluding carboxylic acids is 1. The molecule has 1 atom stereocenters. The van der Waals surface area contributed by atoms with E-state index in [0.29, 0.717) is 60.9 Å². The predicted molar refractivity (Wildman–Crippen MR) is 211 cm³/mol. The summed E-state index contributed by atoms with van der Waals surface area (Å²) in [4.78, 5) is 29.0. The number of amides is 1. The van der Waals surface area contributed by atoms with Crippen molar-refractivity contribution in [3.63, 3.8) is 0 Å². The van der Waals surface area contributed by atoms with Gasteiger partial charge in [-0.2, -0.15) is 5.10 Å². The first-order chi connectivity index (χ1) is 25.3. The van der Waals surface area contributed by atoms with Gasteiger partial charge in [0.15, 0.2) is 0 Å². The van der Waals surface area contributed by atoms with E-state index in [4.69, 9.17) is 37.8 Å². The molecule has 0 fully saturated rings. The van der Waals surface area contributed by atoms with Gasteiger partial charge in [0.1, 0.15) is 11.4 Å². The van der Waals surface area contributed by atoms with Gasteiger partial charge in [0.2, 0.25) is 0 Å². The third-order valence-corrected chi connectivity index (χ3v) is 11.4. The van der Waals surface area contributed by atoms with Crippen LogP contribution in [0.5, 0.6) is 5.75 Å². The Labute approximate surface area is 318 Å². The van der Waals surface area contributed by atoms with Gasteiger partial charge in [0.25, 0.3) is 5.91 Å². The van der Waals surface area contributed by atoms with Crippen molar-refractivity contribution in [2.24, 2.45) is 7.05 Å². The minimum absolute atomic E-state index is 0.156. The number of fused-ring (bicyclic) bond motifs is 4. The highest BCUT2D eigenvalue weighted by molar-refractivity contribution is 6.35. The van der Waals surface area contributed by atoms with Gasteiger partial charge in [-0.1, -0.05) is 29.3 Å². The van der Waals surface area contributed by atoms with Gasteiger partial charge in [0.05, 0.1) is 46.2 Å². The Hall–Kier alpha value is -4.77. The fraction of sp³-hybridized carbons (Fsp3) is 0.341. The molecule has 0 bridgehead atoms. The lowest BCUT2D eigenvalue weighted by Gasteiger charge is -2.34. The number of carbonyl (C=O) groups is 2. The Balaban J connectivity index is 1.38. The van der Waals surface area contributed by atoms with E-state index in [9.17, 15) is 9.90 Å². The van der Waals surface area contributed by atoms with E-state index in [1.165, 1.54) is 0 Å². The Kier molecular flexibility index (Phi) is 9.82. The molecule has 1 unspecified atom stereocenters. The van der Waals surface area contributed by atoms with Gasteiger partial charge < -0.3 is 28.6 Å². The first kappa shape index (κ1) is 36.6. The van der Waals surface area contributed by atoms with Crippen molar-refractivity contribution in [2.75, 3.05) is 31.8 Å². The van der Waals surface area contributed by atoms with Crippen molar-refractivity contribution in [1.29, 1.82) is 0 Å². The number of hydrogen-bond donors (Lipinski definition) is 1. The van der Waals surface area contributed by atoms with Crippen LogP contribution in [0.1, 0.15) is 68.3 Å². The highest BCUT2D eigenvalue weighted by Gasteiger charge is 2.38. The van der Waals surface area contributed by atoms with Crippen LogP contribution in [0.3, 0.4) is 0 Å². The number of anilines is 1. The molecule has 1 N–H and O–H groups in total. The van der Waals surface area contributed by atoms with Gasteiger partial charge in [-0.3, -0.25) is 9.48 Å². The van der Waals surface area contributed by atoms with Gasteiger partial charge in [-0.15, -0.1) is 0 Å². The zero-order valence-electron chi connectivity index (χ0n) is 31.0. The molecule has 3 aromatic carbocycles. The van der Waals surface area contributed by atoms with E-state index in [0.717, 1.165) is 66.4 Å². The molecule has 1 aliphatic heterocycles. The smallest absolute Gasteiger partial charge is 0.335 e. The molecule has 0 saturated carbocycles. The van der Waals surface area contributed by atoms with Crippen molar-refractivity contribution in [2.45, 2.75) is 60.0 Å². The molecular formula is C41H43Cl2N5O5. The van der Waals surface area contributed by atoms with E-state index in [2.05, 4.69) is 11.5 Å². The summed E-state index contributed by atoms with van der Waals surface area (Å²) < 4.78 is 17.6. The Morgan fingerprint density at radius 1 is 1.00 bits per heavy atom. The summed E-state index contributed by atoms with van der Waals surface area (Å²) in [6.45, 7) is 11.9. The summed E-state index contributed by atoms with van der Waals surface area (Å²) in [5, 5.41) is 17.6. The lowest BCUT2D eigenvalue weighted by atomic mass is 9.98. The fourth-order valence-corrected chi connectivity index (χ4v) is 8.29. The van der Waals surface area contributed by atoms with Crippen molar-refractivity contribution < 1.29 is 24.2 Å². The van der Waals surface area contributed by atoms with E-state index in [1.807, 2.05) is 74.5 Å². The maximum Gasteiger partial charge on any atom is 0.335 e. The normalized spacial score (nSPS) is 14.5. The first-order valence-electron chi connectivity index (χ1n) is 17.7. The molecule has 1 aliphatic rings. The summed E-state index contributed by atoms with van der Waals surface area (Å²) in [7, 11) is 3.56. The molecule has 3 aromatic heterocycles. The third kappa shape index (κ3) is 6.26. The monoisotopic (exact) mass is 755 g/mol. The zero-order valence-corrected chi connectivity index (χ0v) is 32.5. The standard InChI is InChI=1S/C41H43Cl2N5O5/c1-22-17-28(18-23(2)37(22)43)53-15-8-9-29-30-11-12-32(42)36(35-25(4)44-45(6)26(35)5)38(30)48-24(3)20-47(40(49)39(29)48)34-21-46(14-16-52-7)33-13-10-27(41(50)51)19-31(33)34/h10-13,17-19,21,24H,8-9,14-16,20H2,1-7H3,(H,50,51). The molecule has 0 saturated heterocycles. The summed E-state index contributed by atoms with van der Waals surface area (Å²) in [6, 6.07) is 12.7. The van der Waals surface area contributed by atoms with Crippen LogP contribution in [0, 0.1) is 27.7 Å². The molecular weight excluding hydrogens is 713 g/mol. The van der Waals surface area contributed by atoms with Crippen LogP contribution in [-0.4, -0.2) is 62.8 Å².